The fraction of sp³-hybridized carbons (Fsp3) is 0.333. The Kier molecular flexibility index (Phi) is 6.79. The zero-order valence-corrected chi connectivity index (χ0v) is 16.1. The molecule has 29 heavy (non-hydrogen) atoms. The lowest BCUT2D eigenvalue weighted by atomic mass is 9.99. The maximum Gasteiger partial charge on any atom is 0.319 e. The first-order valence-electron chi connectivity index (χ1n) is 9.42. The molecule has 0 aromatic heterocycles. The van der Waals surface area contributed by atoms with Gasteiger partial charge in [0.05, 0.1) is 12.6 Å². The third kappa shape index (κ3) is 5.30. The molecule has 8 heteroatoms. The lowest BCUT2D eigenvalue weighted by molar-refractivity contribution is -0.155. The Morgan fingerprint density at radius 2 is 1.93 bits per heavy atom. The van der Waals surface area contributed by atoms with E-state index in [9.17, 15) is 19.1 Å². The number of benzene rings is 2. The van der Waals surface area contributed by atoms with E-state index in [1.807, 2.05) is 6.92 Å². The highest BCUT2D eigenvalue weighted by Gasteiger charge is 2.34. The van der Waals surface area contributed by atoms with E-state index in [1.54, 1.807) is 41.3 Å². The summed E-state index contributed by atoms with van der Waals surface area (Å²) in [5.74, 6) is -0.584. The number of aliphatic hydroxyl groups is 1. The highest BCUT2D eigenvalue weighted by Crippen LogP contribution is 2.26. The maximum absolute atomic E-state index is 13.2. The van der Waals surface area contributed by atoms with E-state index in [4.69, 9.17) is 4.74 Å². The number of hydrogen-bond acceptors (Lipinski definition) is 4. The molecule has 1 aliphatic rings. The fourth-order valence-corrected chi connectivity index (χ4v) is 3.20. The van der Waals surface area contributed by atoms with Gasteiger partial charge in [-0.2, -0.15) is 0 Å². The molecule has 1 fully saturated rings. The summed E-state index contributed by atoms with van der Waals surface area (Å²) in [5, 5.41) is 16.2. The van der Waals surface area contributed by atoms with Crippen LogP contribution in [-0.4, -0.2) is 47.7 Å². The van der Waals surface area contributed by atoms with Crippen molar-refractivity contribution in [3.8, 4) is 0 Å². The van der Waals surface area contributed by atoms with Gasteiger partial charge in [-0.3, -0.25) is 4.79 Å². The smallest absolute Gasteiger partial charge is 0.319 e. The zero-order valence-electron chi connectivity index (χ0n) is 16.1. The van der Waals surface area contributed by atoms with Crippen molar-refractivity contribution in [2.75, 3.05) is 25.1 Å². The first-order chi connectivity index (χ1) is 14.0. The van der Waals surface area contributed by atoms with E-state index in [0.29, 0.717) is 17.8 Å². The van der Waals surface area contributed by atoms with E-state index >= 15 is 0 Å². The number of ether oxygens (including phenoxy) is 1. The van der Waals surface area contributed by atoms with Crippen molar-refractivity contribution in [3.05, 3.63) is 65.5 Å². The molecule has 2 aromatic carbocycles. The Balaban J connectivity index is 1.72. The Morgan fingerprint density at radius 1 is 1.24 bits per heavy atom. The predicted octanol–water partition coefficient (Wildman–Crippen LogP) is 2.43. The minimum absolute atomic E-state index is 0.0557. The van der Waals surface area contributed by atoms with Crippen molar-refractivity contribution < 1.29 is 23.8 Å². The molecule has 0 aliphatic carbocycles. The number of rotatable bonds is 6. The van der Waals surface area contributed by atoms with Crippen LogP contribution in [0.4, 0.5) is 14.9 Å². The first-order valence-corrected chi connectivity index (χ1v) is 9.42. The average Bonchev–Trinajstić information content (AvgIpc) is 2.71. The number of amides is 3. The van der Waals surface area contributed by atoms with Gasteiger partial charge < -0.3 is 25.4 Å². The van der Waals surface area contributed by atoms with E-state index in [0.717, 1.165) is 5.56 Å². The van der Waals surface area contributed by atoms with Gasteiger partial charge in [-0.05, 0) is 42.3 Å². The van der Waals surface area contributed by atoms with Crippen molar-refractivity contribution in [3.63, 3.8) is 0 Å². The molecule has 0 saturated carbocycles. The number of anilines is 1. The minimum Gasteiger partial charge on any atom is -0.386 e. The number of carbonyl (C=O) groups is 2. The first kappa shape index (κ1) is 20.8. The maximum atomic E-state index is 13.2. The molecule has 154 valence electrons. The van der Waals surface area contributed by atoms with Gasteiger partial charge in [-0.25, -0.2) is 9.18 Å². The van der Waals surface area contributed by atoms with E-state index < -0.39 is 12.1 Å². The summed E-state index contributed by atoms with van der Waals surface area (Å²) in [6, 6.07) is 11.8. The van der Waals surface area contributed by atoms with Gasteiger partial charge in [0, 0.05) is 18.8 Å². The summed E-state index contributed by atoms with van der Waals surface area (Å²) in [4.78, 5) is 25.6. The van der Waals surface area contributed by atoms with Crippen LogP contribution in [0.15, 0.2) is 48.5 Å². The molecule has 7 nitrogen and oxygen atoms in total. The van der Waals surface area contributed by atoms with Gasteiger partial charge in [-0.15, -0.1) is 0 Å². The standard InChI is InChI=1S/C21H24FN3O4/c1-2-23-21(28)24-17-9-5-15(6-10-17)20(27)18-12-29-13-19(26)25(18)11-14-3-7-16(22)8-4-14/h3-10,18,20,27H,2,11-13H2,1H3,(H2,23,24,28). The summed E-state index contributed by atoms with van der Waals surface area (Å²) in [6.45, 7) is 2.72. The molecule has 3 amide bonds. The summed E-state index contributed by atoms with van der Waals surface area (Å²) >= 11 is 0. The van der Waals surface area contributed by atoms with Gasteiger partial charge in [-0.1, -0.05) is 24.3 Å². The molecule has 1 heterocycles. The molecular weight excluding hydrogens is 377 g/mol. The number of hydrogen-bond donors (Lipinski definition) is 3. The number of urea groups is 1. The monoisotopic (exact) mass is 401 g/mol. The summed E-state index contributed by atoms with van der Waals surface area (Å²) in [6.07, 6.45) is -0.974. The van der Waals surface area contributed by atoms with Crippen molar-refractivity contribution in [2.24, 2.45) is 0 Å². The SMILES string of the molecule is CCNC(=O)Nc1ccc(C(O)C2COCC(=O)N2Cc2ccc(F)cc2)cc1. The quantitative estimate of drug-likeness (QED) is 0.693. The van der Waals surface area contributed by atoms with Crippen molar-refractivity contribution >= 4 is 17.6 Å². The van der Waals surface area contributed by atoms with Crippen molar-refractivity contribution in [1.82, 2.24) is 10.2 Å². The molecule has 2 atom stereocenters. The summed E-state index contributed by atoms with van der Waals surface area (Å²) in [5.41, 5.74) is 1.95. The van der Waals surface area contributed by atoms with Gasteiger partial charge in [0.15, 0.2) is 0 Å². The molecule has 1 saturated heterocycles. The van der Waals surface area contributed by atoms with Crippen LogP contribution in [0.25, 0.3) is 0 Å². The molecule has 0 radical (unpaired) electrons. The fourth-order valence-electron chi connectivity index (χ4n) is 3.20. The van der Waals surface area contributed by atoms with E-state index in [2.05, 4.69) is 10.6 Å². The second-order valence-electron chi connectivity index (χ2n) is 6.78. The number of nitrogens with zero attached hydrogens (tertiary/aromatic N) is 1. The Bertz CT molecular complexity index is 842. The van der Waals surface area contributed by atoms with Crippen LogP contribution >= 0.6 is 0 Å². The Hall–Kier alpha value is -2.97. The molecule has 1 aliphatic heterocycles. The molecule has 2 aromatic rings. The number of morpholine rings is 1. The largest absolute Gasteiger partial charge is 0.386 e. The average molecular weight is 401 g/mol. The molecule has 0 spiro atoms. The second-order valence-corrected chi connectivity index (χ2v) is 6.78. The van der Waals surface area contributed by atoms with Gasteiger partial charge in [0.1, 0.15) is 18.5 Å². The number of nitrogens with one attached hydrogen (secondary N) is 2. The number of carbonyl (C=O) groups excluding carboxylic acids is 2. The number of aliphatic hydroxyl groups excluding tert-OH is 1. The van der Waals surface area contributed by atoms with Crippen LogP contribution in [-0.2, 0) is 16.1 Å². The van der Waals surface area contributed by atoms with Crippen LogP contribution in [0.3, 0.4) is 0 Å². The third-order valence-corrected chi connectivity index (χ3v) is 4.71. The van der Waals surface area contributed by atoms with Crippen molar-refractivity contribution in [1.29, 1.82) is 0 Å². The predicted molar refractivity (Wildman–Crippen MR) is 106 cm³/mol. The minimum atomic E-state index is -0.974. The van der Waals surface area contributed by atoms with Crippen LogP contribution < -0.4 is 10.6 Å². The summed E-state index contributed by atoms with van der Waals surface area (Å²) < 4.78 is 18.5. The zero-order chi connectivity index (χ0) is 20.8. The third-order valence-electron chi connectivity index (χ3n) is 4.71. The van der Waals surface area contributed by atoms with Crippen LogP contribution in [0.5, 0.6) is 0 Å². The Morgan fingerprint density at radius 3 is 2.59 bits per heavy atom. The van der Waals surface area contributed by atoms with Crippen LogP contribution in [0.1, 0.15) is 24.2 Å². The summed E-state index contributed by atoms with van der Waals surface area (Å²) in [7, 11) is 0. The van der Waals surface area contributed by atoms with Crippen LogP contribution in [0, 0.1) is 5.82 Å². The van der Waals surface area contributed by atoms with Gasteiger partial charge in [0.2, 0.25) is 5.91 Å². The second kappa shape index (κ2) is 9.49. The van der Waals surface area contributed by atoms with Crippen LogP contribution in [0.2, 0.25) is 0 Å². The Labute approximate surface area is 168 Å². The lowest BCUT2D eigenvalue weighted by Crippen LogP contribution is -2.51. The van der Waals surface area contributed by atoms with E-state index in [-0.39, 0.29) is 37.5 Å². The molecule has 0 bridgehead atoms. The highest BCUT2D eigenvalue weighted by molar-refractivity contribution is 5.89. The highest BCUT2D eigenvalue weighted by atomic mass is 19.1. The van der Waals surface area contributed by atoms with Gasteiger partial charge >= 0.3 is 6.03 Å². The number of halogens is 1. The lowest BCUT2D eigenvalue weighted by Gasteiger charge is -2.38. The van der Waals surface area contributed by atoms with Gasteiger partial charge in [0.25, 0.3) is 0 Å². The topological polar surface area (TPSA) is 90.9 Å². The van der Waals surface area contributed by atoms with Crippen molar-refractivity contribution in [2.45, 2.75) is 25.6 Å². The molecule has 3 N–H and O–H groups in total. The normalized spacial score (nSPS) is 17.7. The molecule has 2 unspecified atom stereocenters. The molecular formula is C21H24FN3O4. The van der Waals surface area contributed by atoms with E-state index in [1.165, 1.54) is 12.1 Å². The molecule has 3 rings (SSSR count).